The van der Waals surface area contributed by atoms with Crippen molar-refractivity contribution in [2.75, 3.05) is 44.4 Å². The van der Waals surface area contributed by atoms with Gasteiger partial charge in [0.05, 0.1) is 41.5 Å². The van der Waals surface area contributed by atoms with Crippen LogP contribution in [0.4, 0.5) is 28.9 Å². The summed E-state index contributed by atoms with van der Waals surface area (Å²) in [5, 5.41) is 6.65. The molecule has 1 aliphatic rings. The van der Waals surface area contributed by atoms with Crippen LogP contribution in [0.2, 0.25) is 0 Å². The highest BCUT2D eigenvalue weighted by atomic mass is 32.2. The fourth-order valence-electron chi connectivity index (χ4n) is 4.79. The van der Waals surface area contributed by atoms with Crippen LogP contribution in [0.1, 0.15) is 19.0 Å². The van der Waals surface area contributed by atoms with Crippen LogP contribution in [0.5, 0.6) is 5.75 Å². The minimum absolute atomic E-state index is 0.00801. The van der Waals surface area contributed by atoms with E-state index in [0.717, 1.165) is 11.5 Å². The molecule has 0 bridgehead atoms. The molecule has 3 aromatic rings. The molecule has 0 unspecified atom stereocenters. The molecule has 226 valence electrons. The van der Waals surface area contributed by atoms with Crippen molar-refractivity contribution in [2.45, 2.75) is 43.2 Å². The Kier molecular flexibility index (Phi) is 9.22. The van der Waals surface area contributed by atoms with E-state index in [2.05, 4.69) is 22.5 Å². The van der Waals surface area contributed by atoms with Gasteiger partial charge in [-0.3, -0.25) is 4.79 Å². The molecule has 1 aliphatic heterocycles. The molecule has 4 rings (SSSR count). The van der Waals surface area contributed by atoms with Gasteiger partial charge in [-0.25, -0.2) is 17.5 Å². The maximum atomic E-state index is 14.7. The summed E-state index contributed by atoms with van der Waals surface area (Å²) in [4.78, 5) is 12.9. The molecule has 2 aromatic carbocycles. The zero-order valence-electron chi connectivity index (χ0n) is 23.2. The van der Waals surface area contributed by atoms with Gasteiger partial charge < -0.3 is 24.8 Å². The third kappa shape index (κ3) is 7.46. The van der Waals surface area contributed by atoms with Crippen LogP contribution in [0.15, 0.2) is 47.4 Å². The van der Waals surface area contributed by atoms with Gasteiger partial charge in [0.25, 0.3) is 10.0 Å². The number of ether oxygens (including phenoxy) is 1. The molecule has 42 heavy (non-hydrogen) atoms. The lowest BCUT2D eigenvalue weighted by Crippen LogP contribution is -2.46. The molecule has 3 N–H and O–H groups in total. The molecule has 2 atom stereocenters. The largest absolute Gasteiger partial charge is 0.495 e. The van der Waals surface area contributed by atoms with Gasteiger partial charge in [-0.1, -0.05) is 12.0 Å². The number of methoxy groups -OCH3 is 1. The quantitative estimate of drug-likeness (QED) is 0.263. The second-order valence-electron chi connectivity index (χ2n) is 9.97. The van der Waals surface area contributed by atoms with E-state index < -0.39 is 40.9 Å². The summed E-state index contributed by atoms with van der Waals surface area (Å²) in [7, 11) is -0.909. The summed E-state index contributed by atoms with van der Waals surface area (Å²) in [6, 6.07) is 9.92. The third-order valence-corrected chi connectivity index (χ3v) is 8.14. The van der Waals surface area contributed by atoms with Gasteiger partial charge in [0, 0.05) is 37.2 Å². The Morgan fingerprint density at radius 3 is 2.60 bits per heavy atom. The van der Waals surface area contributed by atoms with Crippen LogP contribution < -0.4 is 20.1 Å². The molecule has 0 spiro atoms. The van der Waals surface area contributed by atoms with Crippen molar-refractivity contribution in [3.05, 3.63) is 48.2 Å². The van der Waals surface area contributed by atoms with Crippen molar-refractivity contribution in [3.63, 3.8) is 0 Å². The summed E-state index contributed by atoms with van der Waals surface area (Å²) in [5.74, 6) is 5.01. The van der Waals surface area contributed by atoms with Crippen molar-refractivity contribution in [3.8, 4) is 17.6 Å². The second-order valence-corrected chi connectivity index (χ2v) is 11.6. The highest BCUT2D eigenvalue weighted by Crippen LogP contribution is 2.32. The number of likely N-dealkylation sites (tertiary alicyclic amines) is 1. The molecule has 1 saturated heterocycles. The molecular formula is C28H31F4N5O4S. The molecule has 0 radical (unpaired) electrons. The first kappa shape index (κ1) is 31.0. The van der Waals surface area contributed by atoms with Crippen molar-refractivity contribution < 1.29 is 35.5 Å². The lowest BCUT2D eigenvalue weighted by atomic mass is 10.0. The van der Waals surface area contributed by atoms with Crippen molar-refractivity contribution in [2.24, 2.45) is 0 Å². The monoisotopic (exact) mass is 609 g/mol. The highest BCUT2D eigenvalue weighted by molar-refractivity contribution is 7.90. The van der Waals surface area contributed by atoms with Gasteiger partial charge in [-0.2, -0.15) is 13.2 Å². The van der Waals surface area contributed by atoms with Gasteiger partial charge in [-0.15, -0.1) is 0 Å². The van der Waals surface area contributed by atoms with E-state index in [1.54, 1.807) is 24.3 Å². The van der Waals surface area contributed by atoms with E-state index in [9.17, 15) is 30.8 Å². The zero-order valence-corrected chi connectivity index (χ0v) is 24.0. The van der Waals surface area contributed by atoms with E-state index in [1.807, 2.05) is 16.7 Å². The number of carbonyl (C=O) groups is 1. The number of amides is 1. The molecular weight excluding hydrogens is 578 g/mol. The Labute approximate surface area is 241 Å². The highest BCUT2D eigenvalue weighted by Gasteiger charge is 2.31. The normalized spacial score (nSPS) is 17.8. The minimum atomic E-state index is -4.51. The molecule has 0 aliphatic carbocycles. The third-order valence-electron chi connectivity index (χ3n) is 6.71. The van der Waals surface area contributed by atoms with Crippen LogP contribution in [0, 0.1) is 11.8 Å². The summed E-state index contributed by atoms with van der Waals surface area (Å²) in [6.07, 6.45) is -5.08. The van der Waals surface area contributed by atoms with E-state index in [0.29, 0.717) is 35.2 Å². The predicted molar refractivity (Wildman–Crippen MR) is 152 cm³/mol. The van der Waals surface area contributed by atoms with Gasteiger partial charge in [0.2, 0.25) is 5.91 Å². The number of nitrogens with one attached hydrogen (secondary N) is 3. The zero-order chi connectivity index (χ0) is 30.7. The number of hydrogen-bond acceptors (Lipinski definition) is 7. The van der Waals surface area contributed by atoms with Crippen LogP contribution in [-0.2, 0) is 21.4 Å². The molecule has 1 aromatic heterocycles. The number of fused-ring (bicyclic) bond motifs is 1. The molecule has 1 fully saturated rings. The Bertz CT molecular complexity index is 1630. The standard InChI is InChI=1S/C28H31F4N5O4S/c1-18(38)35-42(39,40)20-9-10-25(27(15-20)41-3)33-12-5-6-19-14-21-23(34-24-11-13-36(2)16-22(24)29)7-4-8-26(21)37(19)17-28(30,31)32/h4,7-10,14-15,22,24,33-34H,11-13,16-17H2,1-3H3,(H,35,38)/t22-,24+/m1/s1. The molecule has 14 heteroatoms. The number of halogens is 4. The van der Waals surface area contributed by atoms with Crippen molar-refractivity contribution in [1.29, 1.82) is 0 Å². The number of benzene rings is 2. The summed E-state index contributed by atoms with van der Waals surface area (Å²) >= 11 is 0. The Morgan fingerprint density at radius 1 is 1.17 bits per heavy atom. The average molecular weight is 610 g/mol. The SMILES string of the molecule is COc1cc(S(=O)(=O)NC(C)=O)ccc1NCC#Cc1cc2c(N[C@H]3CCN(C)C[C@H]3F)cccc2n1CC(F)(F)F. The number of aromatic nitrogens is 1. The minimum Gasteiger partial charge on any atom is -0.495 e. The topological polar surface area (TPSA) is 105 Å². The average Bonchev–Trinajstić information content (AvgIpc) is 3.24. The van der Waals surface area contributed by atoms with E-state index in [4.69, 9.17) is 4.74 Å². The number of rotatable bonds is 8. The maximum Gasteiger partial charge on any atom is 0.406 e. The number of anilines is 2. The predicted octanol–water partition coefficient (Wildman–Crippen LogP) is 3.95. The molecule has 0 saturated carbocycles. The first-order valence-electron chi connectivity index (χ1n) is 13.0. The number of alkyl halides is 4. The fraction of sp³-hybridized carbons (Fsp3) is 0.393. The van der Waals surface area contributed by atoms with Crippen molar-refractivity contribution in [1.82, 2.24) is 14.2 Å². The first-order chi connectivity index (χ1) is 19.8. The number of piperidine rings is 1. The van der Waals surface area contributed by atoms with Crippen LogP contribution in [-0.4, -0.2) is 76.0 Å². The molecule has 9 nitrogen and oxygen atoms in total. The lowest BCUT2D eigenvalue weighted by molar-refractivity contribution is -0.140. The van der Waals surface area contributed by atoms with E-state index in [1.165, 1.54) is 25.3 Å². The second kappa shape index (κ2) is 12.5. The van der Waals surface area contributed by atoms with E-state index in [-0.39, 0.29) is 29.4 Å². The van der Waals surface area contributed by atoms with Gasteiger partial charge in [-0.05, 0) is 49.7 Å². The van der Waals surface area contributed by atoms with Crippen LogP contribution >= 0.6 is 0 Å². The lowest BCUT2D eigenvalue weighted by Gasteiger charge is -2.33. The van der Waals surface area contributed by atoms with Crippen molar-refractivity contribution >= 4 is 38.2 Å². The first-order valence-corrected chi connectivity index (χ1v) is 14.5. The molecule has 2 heterocycles. The number of carbonyl (C=O) groups excluding carboxylic acids is 1. The Balaban J connectivity index is 1.59. The van der Waals surface area contributed by atoms with Crippen LogP contribution in [0.3, 0.4) is 0 Å². The maximum absolute atomic E-state index is 14.7. The van der Waals surface area contributed by atoms with Crippen LogP contribution in [0.25, 0.3) is 10.9 Å². The summed E-state index contributed by atoms with van der Waals surface area (Å²) in [5.41, 5.74) is 1.36. The van der Waals surface area contributed by atoms with Gasteiger partial charge in [0.1, 0.15) is 18.5 Å². The fourth-order valence-corrected chi connectivity index (χ4v) is 5.80. The molecule has 1 amide bonds. The Hall–Kier alpha value is -3.96. The summed E-state index contributed by atoms with van der Waals surface area (Å²) in [6.45, 7) is 0.779. The number of hydrogen-bond donors (Lipinski definition) is 3. The van der Waals surface area contributed by atoms with E-state index >= 15 is 0 Å². The van der Waals surface area contributed by atoms with Gasteiger partial charge >= 0.3 is 6.18 Å². The number of sulfonamides is 1. The smallest absolute Gasteiger partial charge is 0.406 e. The number of nitrogens with zero attached hydrogens (tertiary/aromatic N) is 2. The van der Waals surface area contributed by atoms with Gasteiger partial charge in [0.15, 0.2) is 0 Å². The Morgan fingerprint density at radius 2 is 1.93 bits per heavy atom. The summed E-state index contributed by atoms with van der Waals surface area (Å²) < 4.78 is 88.0.